The first-order valence-corrected chi connectivity index (χ1v) is 9.62. The van der Waals surface area contributed by atoms with Gasteiger partial charge in [0.2, 0.25) is 0 Å². The van der Waals surface area contributed by atoms with Crippen LogP contribution in [0.4, 0.5) is 5.69 Å². The van der Waals surface area contributed by atoms with Gasteiger partial charge in [0.1, 0.15) is 0 Å². The van der Waals surface area contributed by atoms with E-state index in [0.29, 0.717) is 16.2 Å². The van der Waals surface area contributed by atoms with E-state index < -0.39 is 0 Å². The van der Waals surface area contributed by atoms with Gasteiger partial charge in [-0.15, -0.1) is 11.8 Å². The summed E-state index contributed by atoms with van der Waals surface area (Å²) in [5.41, 5.74) is 5.07. The number of hydrogen-bond acceptors (Lipinski definition) is 3. The first-order valence-electron chi connectivity index (χ1n) is 8.74. The molecule has 4 heteroatoms. The largest absolute Gasteiger partial charge is 0.272 e. The van der Waals surface area contributed by atoms with Crippen molar-refractivity contribution >= 4 is 34.8 Å². The van der Waals surface area contributed by atoms with Crippen molar-refractivity contribution in [3.05, 3.63) is 69.6 Å². The Morgan fingerprint density at radius 3 is 2.19 bits per heavy atom. The Morgan fingerprint density at radius 2 is 1.58 bits per heavy atom. The average molecular weight is 365 g/mol. The van der Waals surface area contributed by atoms with Gasteiger partial charge in [0, 0.05) is 5.25 Å². The molecule has 3 nitrogen and oxygen atoms in total. The number of thioether (sulfide) groups is 1. The van der Waals surface area contributed by atoms with Crippen LogP contribution in [-0.2, 0) is 9.59 Å². The maximum absolute atomic E-state index is 13.3. The molecule has 0 saturated carbocycles. The lowest BCUT2D eigenvalue weighted by molar-refractivity contribution is -0.119. The SMILES string of the molecule is Cc1ccc(C2=C(SC(C)C)C(=O)N(c3ccccc3C)C2=O)c(C)c1. The fourth-order valence-corrected chi connectivity index (χ4v) is 4.20. The standard InChI is InChI=1S/C22H23NO2S/c1-13(2)26-20-19(17-11-10-14(3)12-16(17)5)21(24)23(22(20)25)18-9-7-6-8-15(18)4/h6-13H,1-5H3. The number of hydrogen-bond donors (Lipinski definition) is 0. The minimum absolute atomic E-state index is 0.208. The normalized spacial score (nSPS) is 14.8. The Labute approximate surface area is 159 Å². The number of benzene rings is 2. The number of aryl methyl sites for hydroxylation is 3. The number of nitrogens with zero attached hydrogens (tertiary/aromatic N) is 1. The van der Waals surface area contributed by atoms with Crippen LogP contribution < -0.4 is 4.90 Å². The van der Waals surface area contributed by atoms with Gasteiger partial charge in [0.05, 0.1) is 16.2 Å². The molecule has 0 radical (unpaired) electrons. The highest BCUT2D eigenvalue weighted by Gasteiger charge is 2.41. The van der Waals surface area contributed by atoms with Crippen molar-refractivity contribution in [2.45, 2.75) is 39.9 Å². The van der Waals surface area contributed by atoms with Crippen LogP contribution in [0.1, 0.15) is 36.1 Å². The van der Waals surface area contributed by atoms with Gasteiger partial charge in [-0.25, -0.2) is 4.90 Å². The molecule has 0 unspecified atom stereocenters. The minimum Gasteiger partial charge on any atom is -0.268 e. The van der Waals surface area contributed by atoms with Crippen molar-refractivity contribution in [2.24, 2.45) is 0 Å². The highest BCUT2D eigenvalue weighted by molar-refractivity contribution is 8.04. The zero-order valence-electron chi connectivity index (χ0n) is 15.8. The molecule has 0 aromatic heterocycles. The molecule has 2 aromatic carbocycles. The molecule has 0 N–H and O–H groups in total. The Morgan fingerprint density at radius 1 is 0.885 bits per heavy atom. The van der Waals surface area contributed by atoms with Gasteiger partial charge >= 0.3 is 0 Å². The molecule has 2 amide bonds. The van der Waals surface area contributed by atoms with E-state index in [2.05, 4.69) is 0 Å². The second kappa shape index (κ2) is 7.12. The van der Waals surface area contributed by atoms with E-state index in [1.807, 2.05) is 77.1 Å². The third-order valence-electron chi connectivity index (χ3n) is 4.40. The summed E-state index contributed by atoms with van der Waals surface area (Å²) in [6.45, 7) is 9.99. The average Bonchev–Trinajstić information content (AvgIpc) is 2.79. The van der Waals surface area contributed by atoms with Crippen LogP contribution >= 0.6 is 11.8 Å². The summed E-state index contributed by atoms with van der Waals surface area (Å²) >= 11 is 1.46. The highest BCUT2D eigenvalue weighted by Crippen LogP contribution is 2.41. The molecule has 0 saturated heterocycles. The summed E-state index contributed by atoms with van der Waals surface area (Å²) in [6, 6.07) is 13.5. The van der Waals surface area contributed by atoms with Crippen LogP contribution in [0.5, 0.6) is 0 Å². The summed E-state index contributed by atoms with van der Waals surface area (Å²) in [4.78, 5) is 28.4. The Bertz CT molecular complexity index is 927. The Hall–Kier alpha value is -2.33. The van der Waals surface area contributed by atoms with E-state index >= 15 is 0 Å². The molecule has 0 bridgehead atoms. The van der Waals surface area contributed by atoms with Crippen molar-refractivity contribution in [3.8, 4) is 0 Å². The maximum atomic E-state index is 13.3. The van der Waals surface area contributed by atoms with Gasteiger partial charge in [0.25, 0.3) is 11.8 Å². The molecule has 0 atom stereocenters. The molecule has 26 heavy (non-hydrogen) atoms. The molecule has 3 rings (SSSR count). The van der Waals surface area contributed by atoms with Gasteiger partial charge in [-0.05, 0) is 43.5 Å². The number of imide groups is 1. The fraction of sp³-hybridized carbons (Fsp3) is 0.273. The van der Waals surface area contributed by atoms with Crippen molar-refractivity contribution in [2.75, 3.05) is 4.90 Å². The first-order chi connectivity index (χ1) is 12.3. The second-order valence-electron chi connectivity index (χ2n) is 6.92. The van der Waals surface area contributed by atoms with E-state index in [1.54, 1.807) is 0 Å². The van der Waals surface area contributed by atoms with Gasteiger partial charge in [0.15, 0.2) is 0 Å². The topological polar surface area (TPSA) is 37.4 Å². The van der Waals surface area contributed by atoms with Gasteiger partial charge in [-0.1, -0.05) is 55.8 Å². The molecular weight excluding hydrogens is 342 g/mol. The van der Waals surface area contributed by atoms with Crippen LogP contribution in [0.3, 0.4) is 0 Å². The molecule has 0 fully saturated rings. The minimum atomic E-state index is -0.237. The van der Waals surface area contributed by atoms with Crippen LogP contribution in [0.2, 0.25) is 0 Å². The Balaban J connectivity index is 2.18. The maximum Gasteiger partial charge on any atom is 0.272 e. The van der Waals surface area contributed by atoms with Gasteiger partial charge < -0.3 is 0 Å². The van der Waals surface area contributed by atoms with Crippen LogP contribution in [0, 0.1) is 20.8 Å². The van der Waals surface area contributed by atoms with Crippen LogP contribution in [0.15, 0.2) is 47.4 Å². The van der Waals surface area contributed by atoms with Crippen molar-refractivity contribution in [3.63, 3.8) is 0 Å². The van der Waals surface area contributed by atoms with Crippen molar-refractivity contribution in [1.29, 1.82) is 0 Å². The van der Waals surface area contributed by atoms with Crippen LogP contribution in [-0.4, -0.2) is 17.1 Å². The summed E-state index contributed by atoms with van der Waals surface area (Å²) in [6.07, 6.45) is 0. The third-order valence-corrected chi connectivity index (χ3v) is 5.49. The van der Waals surface area contributed by atoms with E-state index in [4.69, 9.17) is 0 Å². The zero-order valence-corrected chi connectivity index (χ0v) is 16.6. The number of anilines is 1. The van der Waals surface area contributed by atoms with Gasteiger partial charge in [-0.2, -0.15) is 0 Å². The molecule has 1 heterocycles. The predicted octanol–water partition coefficient (Wildman–Crippen LogP) is 5.04. The number of carbonyl (C=O) groups excluding carboxylic acids is 2. The fourth-order valence-electron chi connectivity index (χ4n) is 3.22. The Kier molecular flexibility index (Phi) is 5.05. The van der Waals surface area contributed by atoms with Crippen LogP contribution in [0.25, 0.3) is 5.57 Å². The zero-order chi connectivity index (χ0) is 19.0. The van der Waals surface area contributed by atoms with Crippen molar-refractivity contribution < 1.29 is 9.59 Å². The van der Waals surface area contributed by atoms with Crippen molar-refractivity contribution in [1.82, 2.24) is 0 Å². The molecular formula is C22H23NO2S. The molecule has 0 spiro atoms. The highest BCUT2D eigenvalue weighted by atomic mass is 32.2. The molecule has 2 aromatic rings. The van der Waals surface area contributed by atoms with E-state index in [-0.39, 0.29) is 17.1 Å². The third kappa shape index (κ3) is 3.21. The predicted molar refractivity (Wildman–Crippen MR) is 109 cm³/mol. The number of para-hydroxylation sites is 1. The molecule has 1 aliphatic heterocycles. The van der Waals surface area contributed by atoms with Gasteiger partial charge in [-0.3, -0.25) is 9.59 Å². The monoisotopic (exact) mass is 365 g/mol. The lowest BCUT2D eigenvalue weighted by Gasteiger charge is -2.18. The first kappa shape index (κ1) is 18.5. The lowest BCUT2D eigenvalue weighted by atomic mass is 9.98. The second-order valence-corrected chi connectivity index (χ2v) is 8.51. The quantitative estimate of drug-likeness (QED) is 0.713. The summed E-state index contributed by atoms with van der Waals surface area (Å²) in [5, 5.41) is 0.208. The number of carbonyl (C=O) groups is 2. The van der Waals surface area contributed by atoms with E-state index in [0.717, 1.165) is 22.3 Å². The summed E-state index contributed by atoms with van der Waals surface area (Å²) in [5.74, 6) is -0.461. The van der Waals surface area contributed by atoms with E-state index in [9.17, 15) is 9.59 Å². The molecule has 1 aliphatic rings. The number of amides is 2. The summed E-state index contributed by atoms with van der Waals surface area (Å²) in [7, 11) is 0. The lowest BCUT2D eigenvalue weighted by Crippen LogP contribution is -2.32. The van der Waals surface area contributed by atoms with E-state index in [1.165, 1.54) is 16.7 Å². The number of rotatable bonds is 4. The summed E-state index contributed by atoms with van der Waals surface area (Å²) < 4.78 is 0. The smallest absolute Gasteiger partial charge is 0.268 e. The molecule has 0 aliphatic carbocycles. The molecule has 134 valence electrons.